The number of aromatic nitrogens is 2. The van der Waals surface area contributed by atoms with Crippen LogP contribution in [0.25, 0.3) is 0 Å². The van der Waals surface area contributed by atoms with E-state index in [4.69, 9.17) is 5.26 Å². The van der Waals surface area contributed by atoms with E-state index in [1.807, 2.05) is 36.7 Å². The van der Waals surface area contributed by atoms with Crippen LogP contribution >= 0.6 is 0 Å². The molecule has 3 rings (SSSR count). The normalized spacial score (nSPS) is 10.3. The molecule has 5 nitrogen and oxygen atoms in total. The van der Waals surface area contributed by atoms with Crippen molar-refractivity contribution in [1.82, 2.24) is 9.78 Å². The molecule has 5 heteroatoms. The van der Waals surface area contributed by atoms with Gasteiger partial charge in [0.1, 0.15) is 0 Å². The predicted molar refractivity (Wildman–Crippen MR) is 96.4 cm³/mol. The third-order valence-corrected chi connectivity index (χ3v) is 3.92. The van der Waals surface area contributed by atoms with Gasteiger partial charge in [-0.25, -0.2) is 0 Å². The highest BCUT2D eigenvalue weighted by Crippen LogP contribution is 2.13. The lowest BCUT2D eigenvalue weighted by Crippen LogP contribution is -2.12. The highest BCUT2D eigenvalue weighted by Gasteiger charge is 2.07. The van der Waals surface area contributed by atoms with Crippen LogP contribution in [0.15, 0.2) is 54.6 Å². The average molecular weight is 330 g/mol. The van der Waals surface area contributed by atoms with E-state index in [2.05, 4.69) is 16.5 Å². The average Bonchev–Trinajstić information content (AvgIpc) is 2.93. The van der Waals surface area contributed by atoms with Crippen molar-refractivity contribution < 1.29 is 4.79 Å². The molecule has 0 radical (unpaired) electrons. The minimum atomic E-state index is -0.178. The molecule has 0 aliphatic heterocycles. The number of carbonyl (C=O) groups excluding carboxylic acids is 1. The van der Waals surface area contributed by atoms with E-state index in [0.717, 1.165) is 17.0 Å². The molecule has 1 amide bonds. The summed E-state index contributed by atoms with van der Waals surface area (Å²) >= 11 is 0. The zero-order valence-electron chi connectivity index (χ0n) is 14.2. The Morgan fingerprint density at radius 3 is 2.36 bits per heavy atom. The van der Waals surface area contributed by atoms with E-state index in [-0.39, 0.29) is 5.91 Å². The zero-order valence-corrected chi connectivity index (χ0v) is 14.2. The highest BCUT2D eigenvalue weighted by molar-refractivity contribution is 6.04. The van der Waals surface area contributed by atoms with Crippen molar-refractivity contribution in [3.63, 3.8) is 0 Å². The molecule has 25 heavy (non-hydrogen) atoms. The van der Waals surface area contributed by atoms with Crippen LogP contribution < -0.4 is 5.32 Å². The molecular formula is C20H18N4O. The summed E-state index contributed by atoms with van der Waals surface area (Å²) in [6.07, 6.45) is 0. The smallest absolute Gasteiger partial charge is 0.255 e. The van der Waals surface area contributed by atoms with Crippen LogP contribution in [0, 0.1) is 25.2 Å². The third-order valence-electron chi connectivity index (χ3n) is 3.92. The number of hydrogen-bond donors (Lipinski definition) is 1. The quantitative estimate of drug-likeness (QED) is 0.793. The molecule has 0 saturated heterocycles. The van der Waals surface area contributed by atoms with Crippen molar-refractivity contribution >= 4 is 11.6 Å². The summed E-state index contributed by atoms with van der Waals surface area (Å²) in [6.45, 7) is 4.68. The van der Waals surface area contributed by atoms with Gasteiger partial charge in [0.05, 0.1) is 23.9 Å². The predicted octanol–water partition coefficient (Wildman–Crippen LogP) is 3.67. The topological polar surface area (TPSA) is 70.7 Å². The van der Waals surface area contributed by atoms with Crippen molar-refractivity contribution in [2.24, 2.45) is 0 Å². The summed E-state index contributed by atoms with van der Waals surface area (Å²) in [6, 6.07) is 18.4. The SMILES string of the molecule is Cc1cc(C)n(Cc2ccc(C(=O)Nc3ccc(C#N)cc3)cc2)n1. The van der Waals surface area contributed by atoms with E-state index in [0.29, 0.717) is 23.4 Å². The lowest BCUT2D eigenvalue weighted by atomic mass is 10.1. The molecule has 0 aliphatic carbocycles. The lowest BCUT2D eigenvalue weighted by Gasteiger charge is -2.08. The second-order valence-corrected chi connectivity index (χ2v) is 5.92. The number of carbonyl (C=O) groups is 1. The van der Waals surface area contributed by atoms with Crippen LogP contribution in [0.3, 0.4) is 0 Å². The Labute approximate surface area is 146 Å². The highest BCUT2D eigenvalue weighted by atomic mass is 16.1. The summed E-state index contributed by atoms with van der Waals surface area (Å²) in [4.78, 5) is 12.3. The molecule has 1 N–H and O–H groups in total. The molecule has 1 aromatic heterocycles. The standard InChI is InChI=1S/C20H18N4O/c1-14-11-15(2)24(23-14)13-17-3-7-18(8-4-17)20(25)22-19-9-5-16(12-21)6-10-19/h3-11H,13H2,1-2H3,(H,22,25). The Morgan fingerprint density at radius 1 is 1.12 bits per heavy atom. The van der Waals surface area contributed by atoms with Crippen molar-refractivity contribution in [2.75, 3.05) is 5.32 Å². The first kappa shape index (κ1) is 16.5. The number of rotatable bonds is 4. The van der Waals surface area contributed by atoms with E-state index >= 15 is 0 Å². The minimum absolute atomic E-state index is 0.178. The van der Waals surface area contributed by atoms with Gasteiger partial charge in [0.15, 0.2) is 0 Å². The van der Waals surface area contributed by atoms with Crippen LogP contribution in [0.2, 0.25) is 0 Å². The van der Waals surface area contributed by atoms with Crippen LogP contribution in [-0.2, 0) is 6.54 Å². The summed E-state index contributed by atoms with van der Waals surface area (Å²) in [5.41, 5.74) is 5.00. The first-order valence-corrected chi connectivity index (χ1v) is 7.96. The maximum atomic E-state index is 12.3. The fourth-order valence-electron chi connectivity index (χ4n) is 2.60. The van der Waals surface area contributed by atoms with Gasteiger partial charge in [0.25, 0.3) is 5.91 Å². The van der Waals surface area contributed by atoms with Crippen LogP contribution in [0.4, 0.5) is 5.69 Å². The Hall–Kier alpha value is -3.39. The number of amides is 1. The molecule has 0 spiro atoms. The monoisotopic (exact) mass is 330 g/mol. The van der Waals surface area contributed by atoms with E-state index in [1.165, 1.54) is 0 Å². The molecule has 3 aromatic rings. The van der Waals surface area contributed by atoms with Gasteiger partial charge in [0.2, 0.25) is 0 Å². The first-order chi connectivity index (χ1) is 12.0. The molecule has 0 fully saturated rings. The Bertz CT molecular complexity index is 931. The van der Waals surface area contributed by atoms with Crippen molar-refractivity contribution in [3.8, 4) is 6.07 Å². The second-order valence-electron chi connectivity index (χ2n) is 5.92. The maximum Gasteiger partial charge on any atom is 0.255 e. The summed E-state index contributed by atoms with van der Waals surface area (Å²) in [7, 11) is 0. The fraction of sp³-hybridized carbons (Fsp3) is 0.150. The number of anilines is 1. The van der Waals surface area contributed by atoms with E-state index < -0.39 is 0 Å². The largest absolute Gasteiger partial charge is 0.322 e. The van der Waals surface area contributed by atoms with Gasteiger partial charge < -0.3 is 5.32 Å². The number of hydrogen-bond acceptors (Lipinski definition) is 3. The van der Waals surface area contributed by atoms with Crippen LogP contribution in [0.5, 0.6) is 0 Å². The molecule has 2 aromatic carbocycles. The van der Waals surface area contributed by atoms with Gasteiger partial charge in [-0.05, 0) is 61.9 Å². The van der Waals surface area contributed by atoms with Crippen LogP contribution in [-0.4, -0.2) is 15.7 Å². The summed E-state index contributed by atoms with van der Waals surface area (Å²) in [5, 5.41) is 16.1. The van der Waals surface area contributed by atoms with Gasteiger partial charge in [0, 0.05) is 16.9 Å². The molecule has 124 valence electrons. The van der Waals surface area contributed by atoms with Crippen LogP contribution in [0.1, 0.15) is 32.9 Å². The molecule has 1 heterocycles. The molecule has 0 aliphatic rings. The molecule has 0 atom stereocenters. The van der Waals surface area contributed by atoms with Crippen molar-refractivity contribution in [1.29, 1.82) is 5.26 Å². The Kier molecular flexibility index (Phi) is 4.62. The number of nitrogens with one attached hydrogen (secondary N) is 1. The molecular weight excluding hydrogens is 312 g/mol. The lowest BCUT2D eigenvalue weighted by molar-refractivity contribution is 0.102. The van der Waals surface area contributed by atoms with Gasteiger partial charge >= 0.3 is 0 Å². The third kappa shape index (κ3) is 3.93. The van der Waals surface area contributed by atoms with Gasteiger partial charge in [-0.15, -0.1) is 0 Å². The van der Waals surface area contributed by atoms with E-state index in [1.54, 1.807) is 36.4 Å². The number of nitriles is 1. The number of benzene rings is 2. The number of nitrogens with zero attached hydrogens (tertiary/aromatic N) is 3. The van der Waals surface area contributed by atoms with Gasteiger partial charge in [-0.1, -0.05) is 12.1 Å². The van der Waals surface area contributed by atoms with Crippen molar-refractivity contribution in [3.05, 3.63) is 82.7 Å². The molecule has 0 bridgehead atoms. The van der Waals surface area contributed by atoms with E-state index in [9.17, 15) is 4.79 Å². The minimum Gasteiger partial charge on any atom is -0.322 e. The Morgan fingerprint density at radius 2 is 1.80 bits per heavy atom. The Balaban J connectivity index is 1.67. The van der Waals surface area contributed by atoms with Gasteiger partial charge in [-0.3, -0.25) is 9.48 Å². The fourth-order valence-corrected chi connectivity index (χ4v) is 2.60. The second kappa shape index (κ2) is 7.02. The zero-order chi connectivity index (χ0) is 17.8. The van der Waals surface area contributed by atoms with Gasteiger partial charge in [-0.2, -0.15) is 10.4 Å². The van der Waals surface area contributed by atoms with Crippen molar-refractivity contribution in [2.45, 2.75) is 20.4 Å². The summed E-state index contributed by atoms with van der Waals surface area (Å²) < 4.78 is 1.95. The molecule has 0 saturated carbocycles. The summed E-state index contributed by atoms with van der Waals surface area (Å²) in [5.74, 6) is -0.178. The molecule has 0 unspecified atom stereocenters. The first-order valence-electron chi connectivity index (χ1n) is 7.96. The number of aryl methyl sites for hydroxylation is 2. The maximum absolute atomic E-state index is 12.3.